The molecule has 0 aromatic rings. The molecule has 0 spiro atoms. The number of amides is 1. The third-order valence-electron chi connectivity index (χ3n) is 3.39. The lowest BCUT2D eigenvalue weighted by Crippen LogP contribution is -2.60. The topological polar surface area (TPSA) is 29.1 Å². The van der Waals surface area contributed by atoms with E-state index in [1.165, 1.54) is 25.7 Å². The zero-order valence-electron chi connectivity index (χ0n) is 7.02. The molecule has 1 aliphatic heterocycles. The highest BCUT2D eigenvalue weighted by Crippen LogP contribution is 2.42. The molecular formula is C9H15NO. The molecule has 11 heavy (non-hydrogen) atoms. The molecule has 2 aliphatic rings. The van der Waals surface area contributed by atoms with Gasteiger partial charge in [-0.1, -0.05) is 12.8 Å². The van der Waals surface area contributed by atoms with Gasteiger partial charge in [0.15, 0.2) is 0 Å². The number of hydrogen-bond donors (Lipinski definition) is 1. The van der Waals surface area contributed by atoms with Crippen molar-refractivity contribution in [3.8, 4) is 0 Å². The Morgan fingerprint density at radius 3 is 2.45 bits per heavy atom. The van der Waals surface area contributed by atoms with Crippen LogP contribution < -0.4 is 5.32 Å². The zero-order valence-corrected chi connectivity index (χ0v) is 7.02. The molecule has 1 amide bonds. The van der Waals surface area contributed by atoms with Crippen LogP contribution in [0, 0.1) is 11.3 Å². The van der Waals surface area contributed by atoms with E-state index in [2.05, 4.69) is 12.2 Å². The molecule has 1 unspecified atom stereocenters. The summed E-state index contributed by atoms with van der Waals surface area (Å²) in [6.45, 7) is 3.03. The van der Waals surface area contributed by atoms with E-state index < -0.39 is 0 Å². The van der Waals surface area contributed by atoms with Gasteiger partial charge in [-0.15, -0.1) is 0 Å². The number of rotatable bonds is 1. The molecule has 1 saturated carbocycles. The smallest absolute Gasteiger partial charge is 0.228 e. The van der Waals surface area contributed by atoms with Crippen molar-refractivity contribution < 1.29 is 4.79 Å². The van der Waals surface area contributed by atoms with Crippen molar-refractivity contribution in [3.63, 3.8) is 0 Å². The van der Waals surface area contributed by atoms with E-state index in [1.807, 2.05) is 0 Å². The fraction of sp³-hybridized carbons (Fsp3) is 0.889. The van der Waals surface area contributed by atoms with Crippen molar-refractivity contribution in [1.29, 1.82) is 0 Å². The minimum atomic E-state index is 0.0104. The summed E-state index contributed by atoms with van der Waals surface area (Å²) < 4.78 is 0. The number of carbonyl (C=O) groups excluding carboxylic acids is 1. The molecule has 1 N–H and O–H groups in total. The first-order chi connectivity index (χ1) is 5.23. The predicted molar refractivity (Wildman–Crippen MR) is 43.1 cm³/mol. The molecule has 1 atom stereocenters. The number of β-lactam (4-membered cyclic amide) rings is 1. The molecule has 1 saturated heterocycles. The highest BCUT2D eigenvalue weighted by Gasteiger charge is 2.48. The SMILES string of the molecule is CC1(C2CCCC2)CNC1=O. The van der Waals surface area contributed by atoms with E-state index in [-0.39, 0.29) is 11.3 Å². The van der Waals surface area contributed by atoms with Crippen LogP contribution in [0.4, 0.5) is 0 Å². The van der Waals surface area contributed by atoms with E-state index in [1.54, 1.807) is 0 Å². The first-order valence-electron chi connectivity index (χ1n) is 4.52. The maximum absolute atomic E-state index is 11.2. The minimum Gasteiger partial charge on any atom is -0.354 e. The lowest BCUT2D eigenvalue weighted by atomic mass is 9.71. The summed E-state index contributed by atoms with van der Waals surface area (Å²) in [6.07, 6.45) is 5.19. The fourth-order valence-electron chi connectivity index (χ4n) is 2.33. The van der Waals surface area contributed by atoms with E-state index in [4.69, 9.17) is 0 Å². The van der Waals surface area contributed by atoms with Crippen molar-refractivity contribution in [1.82, 2.24) is 5.32 Å². The van der Waals surface area contributed by atoms with Crippen molar-refractivity contribution in [2.24, 2.45) is 11.3 Å². The summed E-state index contributed by atoms with van der Waals surface area (Å²) in [5.41, 5.74) is 0.0104. The number of carbonyl (C=O) groups is 1. The van der Waals surface area contributed by atoms with Crippen LogP contribution in [0.15, 0.2) is 0 Å². The van der Waals surface area contributed by atoms with Gasteiger partial charge < -0.3 is 5.32 Å². The van der Waals surface area contributed by atoms with Crippen LogP contribution in [0.25, 0.3) is 0 Å². The first-order valence-corrected chi connectivity index (χ1v) is 4.52. The molecule has 1 heterocycles. The normalized spacial score (nSPS) is 38.5. The van der Waals surface area contributed by atoms with E-state index >= 15 is 0 Å². The second-order valence-electron chi connectivity index (χ2n) is 4.08. The Bertz CT molecular complexity index is 184. The quantitative estimate of drug-likeness (QED) is 0.565. The number of hydrogen-bond acceptors (Lipinski definition) is 1. The molecular weight excluding hydrogens is 138 g/mol. The standard InChI is InChI=1S/C9H15NO/c1-9(6-10-8(9)11)7-4-2-3-5-7/h7H,2-6H2,1H3,(H,10,11). The molecule has 2 fully saturated rings. The van der Waals surface area contributed by atoms with Crippen molar-refractivity contribution in [3.05, 3.63) is 0 Å². The Morgan fingerprint density at radius 2 is 2.09 bits per heavy atom. The molecule has 2 rings (SSSR count). The fourth-order valence-corrected chi connectivity index (χ4v) is 2.33. The molecule has 2 nitrogen and oxygen atoms in total. The van der Waals surface area contributed by atoms with Gasteiger partial charge in [0, 0.05) is 6.54 Å². The monoisotopic (exact) mass is 153 g/mol. The van der Waals surface area contributed by atoms with E-state index in [0.29, 0.717) is 5.92 Å². The van der Waals surface area contributed by atoms with Crippen LogP contribution in [0.3, 0.4) is 0 Å². The molecule has 62 valence electrons. The Morgan fingerprint density at radius 1 is 1.45 bits per heavy atom. The average molecular weight is 153 g/mol. The minimum absolute atomic E-state index is 0.0104. The third-order valence-corrected chi connectivity index (χ3v) is 3.39. The zero-order chi connectivity index (χ0) is 7.90. The lowest BCUT2D eigenvalue weighted by molar-refractivity contribution is -0.142. The highest BCUT2D eigenvalue weighted by atomic mass is 16.2. The van der Waals surface area contributed by atoms with Crippen molar-refractivity contribution >= 4 is 5.91 Å². The van der Waals surface area contributed by atoms with Gasteiger partial charge in [-0.3, -0.25) is 4.79 Å². The van der Waals surface area contributed by atoms with Gasteiger partial charge >= 0.3 is 0 Å². The lowest BCUT2D eigenvalue weighted by Gasteiger charge is -2.42. The molecule has 2 heteroatoms. The van der Waals surface area contributed by atoms with Crippen molar-refractivity contribution in [2.75, 3.05) is 6.54 Å². The highest BCUT2D eigenvalue weighted by molar-refractivity contribution is 5.88. The molecule has 0 aromatic heterocycles. The van der Waals surface area contributed by atoms with Gasteiger partial charge in [-0.05, 0) is 25.7 Å². The Hall–Kier alpha value is -0.530. The summed E-state index contributed by atoms with van der Waals surface area (Å²) >= 11 is 0. The van der Waals surface area contributed by atoms with Crippen LogP contribution in [0.1, 0.15) is 32.6 Å². The molecule has 1 aliphatic carbocycles. The average Bonchev–Trinajstić information content (AvgIpc) is 2.52. The Labute approximate surface area is 67.4 Å². The summed E-state index contributed by atoms with van der Waals surface area (Å²) in [6, 6.07) is 0. The Balaban J connectivity index is 2.07. The van der Waals surface area contributed by atoms with Gasteiger partial charge in [0.05, 0.1) is 5.41 Å². The van der Waals surface area contributed by atoms with Gasteiger partial charge in [0.25, 0.3) is 0 Å². The van der Waals surface area contributed by atoms with Crippen LogP contribution >= 0.6 is 0 Å². The van der Waals surface area contributed by atoms with Crippen LogP contribution in [0.2, 0.25) is 0 Å². The third kappa shape index (κ3) is 0.883. The summed E-state index contributed by atoms with van der Waals surface area (Å²) in [4.78, 5) is 11.2. The molecule has 0 aromatic carbocycles. The number of nitrogens with one attached hydrogen (secondary N) is 1. The summed E-state index contributed by atoms with van der Waals surface area (Å²) in [5, 5.41) is 2.84. The second-order valence-corrected chi connectivity index (χ2v) is 4.08. The predicted octanol–water partition coefficient (Wildman–Crippen LogP) is 1.31. The van der Waals surface area contributed by atoms with Gasteiger partial charge in [-0.2, -0.15) is 0 Å². The van der Waals surface area contributed by atoms with E-state index in [9.17, 15) is 4.79 Å². The summed E-state index contributed by atoms with van der Waals surface area (Å²) in [5.74, 6) is 0.959. The Kier molecular flexibility index (Phi) is 1.44. The van der Waals surface area contributed by atoms with Gasteiger partial charge in [-0.25, -0.2) is 0 Å². The largest absolute Gasteiger partial charge is 0.354 e. The van der Waals surface area contributed by atoms with Gasteiger partial charge in [0.1, 0.15) is 0 Å². The van der Waals surface area contributed by atoms with Gasteiger partial charge in [0.2, 0.25) is 5.91 Å². The van der Waals surface area contributed by atoms with Crippen LogP contribution in [-0.2, 0) is 4.79 Å². The van der Waals surface area contributed by atoms with E-state index in [0.717, 1.165) is 6.54 Å². The molecule has 0 bridgehead atoms. The second kappa shape index (κ2) is 2.23. The van der Waals surface area contributed by atoms with Crippen LogP contribution in [-0.4, -0.2) is 12.5 Å². The first kappa shape index (κ1) is 7.14. The van der Waals surface area contributed by atoms with Crippen LogP contribution in [0.5, 0.6) is 0 Å². The summed E-state index contributed by atoms with van der Waals surface area (Å²) in [7, 11) is 0. The maximum Gasteiger partial charge on any atom is 0.228 e. The molecule has 0 radical (unpaired) electrons. The van der Waals surface area contributed by atoms with Crippen molar-refractivity contribution in [2.45, 2.75) is 32.6 Å². The maximum atomic E-state index is 11.2.